The second-order valence-corrected chi connectivity index (χ2v) is 7.24. The maximum atomic E-state index is 10.0. The fourth-order valence-corrected chi connectivity index (χ4v) is 3.66. The van der Waals surface area contributed by atoms with Crippen LogP contribution in [0.15, 0.2) is 41.4 Å². The summed E-state index contributed by atoms with van der Waals surface area (Å²) in [6, 6.07) is 13.4. The van der Waals surface area contributed by atoms with E-state index in [-0.39, 0.29) is 0 Å². The highest BCUT2D eigenvalue weighted by Crippen LogP contribution is 2.40. The van der Waals surface area contributed by atoms with E-state index < -0.39 is 4.75 Å². The van der Waals surface area contributed by atoms with Crippen molar-refractivity contribution >= 4 is 29.9 Å². The minimum absolute atomic E-state index is 0.521. The second-order valence-electron chi connectivity index (χ2n) is 6.13. The Morgan fingerprint density at radius 2 is 1.78 bits per heavy atom. The largest absolute Gasteiger partial charge is 0.490 e. The summed E-state index contributed by atoms with van der Waals surface area (Å²) in [6.45, 7) is 5.54. The molecule has 0 saturated heterocycles. The van der Waals surface area contributed by atoms with Gasteiger partial charge in [0.15, 0.2) is 16.2 Å². The lowest BCUT2D eigenvalue weighted by Gasteiger charge is -2.29. The molecule has 140 valence electrons. The Kier molecular flexibility index (Phi) is 5.98. The van der Waals surface area contributed by atoms with Crippen molar-refractivity contribution in [3.8, 4) is 17.6 Å². The zero-order valence-electron chi connectivity index (χ0n) is 15.3. The van der Waals surface area contributed by atoms with E-state index in [2.05, 4.69) is 11.1 Å². The molecule has 1 aliphatic rings. The number of thiol groups is 1. The lowest BCUT2D eigenvalue weighted by atomic mass is 9.85. The number of benzene rings is 2. The molecule has 0 bridgehead atoms. The number of hydrogen-bond acceptors (Lipinski definition) is 5. The number of rotatable bonds is 6. The average molecular weight is 401 g/mol. The molecule has 0 aliphatic carbocycles. The number of halogens is 1. The monoisotopic (exact) mass is 400 g/mol. The van der Waals surface area contributed by atoms with Gasteiger partial charge in [-0.25, -0.2) is 0 Å². The van der Waals surface area contributed by atoms with E-state index in [0.717, 1.165) is 23.1 Å². The van der Waals surface area contributed by atoms with Crippen molar-refractivity contribution in [2.45, 2.75) is 25.0 Å². The molecule has 27 heavy (non-hydrogen) atoms. The molecule has 0 fully saturated rings. The van der Waals surface area contributed by atoms with Crippen LogP contribution >= 0.6 is 24.2 Å². The second kappa shape index (κ2) is 8.24. The molecule has 1 atom stereocenters. The molecular formula is C21H21ClN2O2S. The van der Waals surface area contributed by atoms with Gasteiger partial charge in [-0.1, -0.05) is 23.7 Å². The van der Waals surface area contributed by atoms with Crippen LogP contribution in [0, 0.1) is 11.3 Å². The van der Waals surface area contributed by atoms with E-state index in [0.29, 0.717) is 42.0 Å². The first kappa shape index (κ1) is 19.6. The number of hydrogen-bond donors (Lipinski definition) is 1. The van der Waals surface area contributed by atoms with Crippen LogP contribution in [0.25, 0.3) is 0 Å². The first-order valence-electron chi connectivity index (χ1n) is 8.91. The Bertz CT molecular complexity index is 906. The zero-order chi connectivity index (χ0) is 19.4. The first-order valence-corrected chi connectivity index (χ1v) is 9.73. The average Bonchev–Trinajstić information content (AvgIpc) is 2.68. The summed E-state index contributed by atoms with van der Waals surface area (Å²) in [5.74, 6) is 1.37. The molecular weight excluding hydrogens is 380 g/mol. The van der Waals surface area contributed by atoms with Gasteiger partial charge < -0.3 is 9.47 Å². The lowest BCUT2D eigenvalue weighted by Crippen LogP contribution is -2.32. The Labute approximate surface area is 170 Å². The summed E-state index contributed by atoms with van der Waals surface area (Å²) in [6.07, 6.45) is 0.779. The number of ether oxygens (including phenoxy) is 2. The van der Waals surface area contributed by atoms with Gasteiger partial charge in [0.1, 0.15) is 0 Å². The van der Waals surface area contributed by atoms with Gasteiger partial charge in [0.25, 0.3) is 0 Å². The maximum absolute atomic E-state index is 10.0. The molecule has 6 heteroatoms. The number of nitrogens with zero attached hydrogens (tertiary/aromatic N) is 2. The van der Waals surface area contributed by atoms with Crippen LogP contribution in [-0.2, 0) is 11.2 Å². The van der Waals surface area contributed by atoms with Crippen LogP contribution in [0.3, 0.4) is 0 Å². The van der Waals surface area contributed by atoms with Crippen LogP contribution in [-0.4, -0.2) is 25.5 Å². The molecule has 0 spiro atoms. The molecule has 2 aromatic rings. The highest BCUT2D eigenvalue weighted by molar-refractivity contribution is 7.82. The molecule has 1 unspecified atom stereocenters. The highest BCUT2D eigenvalue weighted by Gasteiger charge is 2.38. The Balaban J connectivity index is 2.13. The number of aliphatic imine (C=N–C) groups is 1. The fourth-order valence-electron chi connectivity index (χ4n) is 3.19. The van der Waals surface area contributed by atoms with Crippen molar-refractivity contribution in [3.05, 3.63) is 58.1 Å². The zero-order valence-corrected chi connectivity index (χ0v) is 17.0. The van der Waals surface area contributed by atoms with E-state index in [4.69, 9.17) is 33.7 Å². The smallest absolute Gasteiger partial charge is 0.167 e. The minimum atomic E-state index is -1.18. The predicted octanol–water partition coefficient (Wildman–Crippen LogP) is 4.83. The van der Waals surface area contributed by atoms with Crippen LogP contribution in [0.5, 0.6) is 11.5 Å². The van der Waals surface area contributed by atoms with Gasteiger partial charge >= 0.3 is 0 Å². The molecule has 0 saturated carbocycles. The van der Waals surface area contributed by atoms with Gasteiger partial charge in [-0.2, -0.15) is 5.26 Å². The quantitative estimate of drug-likeness (QED) is 0.706. The van der Waals surface area contributed by atoms with E-state index in [1.807, 2.05) is 38.1 Å². The van der Waals surface area contributed by atoms with Crippen molar-refractivity contribution in [2.24, 2.45) is 4.99 Å². The van der Waals surface area contributed by atoms with E-state index in [1.54, 1.807) is 12.1 Å². The normalized spacial score (nSPS) is 15.1. The van der Waals surface area contributed by atoms with Crippen LogP contribution in [0.4, 0.5) is 0 Å². The van der Waals surface area contributed by atoms with E-state index >= 15 is 0 Å². The number of fused-ring (bicyclic) bond motifs is 1. The third kappa shape index (κ3) is 3.78. The third-order valence-corrected chi connectivity index (χ3v) is 5.26. The van der Waals surface area contributed by atoms with Crippen molar-refractivity contribution in [3.63, 3.8) is 0 Å². The Hall–Kier alpha value is -2.16. The Morgan fingerprint density at radius 3 is 2.37 bits per heavy atom. The molecule has 0 amide bonds. The lowest BCUT2D eigenvalue weighted by molar-refractivity contribution is 0.287. The van der Waals surface area contributed by atoms with Crippen molar-refractivity contribution in [1.82, 2.24) is 0 Å². The SMILES string of the molecule is CCOc1cc2c(cc1OCC)C(C(S)(C#N)c1ccc(Cl)cc1)=NCC2. The van der Waals surface area contributed by atoms with Gasteiger partial charge in [0.2, 0.25) is 0 Å². The van der Waals surface area contributed by atoms with E-state index in [1.165, 1.54) is 0 Å². The molecule has 0 radical (unpaired) electrons. The summed E-state index contributed by atoms with van der Waals surface area (Å²) in [5, 5.41) is 10.6. The van der Waals surface area contributed by atoms with E-state index in [9.17, 15) is 5.26 Å². The summed E-state index contributed by atoms with van der Waals surface area (Å²) < 4.78 is 10.3. The summed E-state index contributed by atoms with van der Waals surface area (Å²) in [5.41, 5.74) is 3.31. The number of nitriles is 1. The minimum Gasteiger partial charge on any atom is -0.490 e. The molecule has 2 aromatic carbocycles. The van der Waals surface area contributed by atoms with Crippen LogP contribution < -0.4 is 9.47 Å². The van der Waals surface area contributed by atoms with Crippen molar-refractivity contribution < 1.29 is 9.47 Å². The van der Waals surface area contributed by atoms with Crippen molar-refractivity contribution in [1.29, 1.82) is 5.26 Å². The Morgan fingerprint density at radius 1 is 1.15 bits per heavy atom. The van der Waals surface area contributed by atoms with Crippen molar-refractivity contribution in [2.75, 3.05) is 19.8 Å². The van der Waals surface area contributed by atoms with Crippen LogP contribution in [0.1, 0.15) is 30.5 Å². The van der Waals surface area contributed by atoms with Gasteiger partial charge in [-0.3, -0.25) is 4.99 Å². The molecule has 0 aromatic heterocycles. The molecule has 0 N–H and O–H groups in total. The molecule has 3 rings (SSSR count). The van der Waals surface area contributed by atoms with Crippen LogP contribution in [0.2, 0.25) is 5.02 Å². The first-order chi connectivity index (χ1) is 13.0. The highest BCUT2D eigenvalue weighted by atomic mass is 35.5. The van der Waals surface area contributed by atoms with Gasteiger partial charge in [0, 0.05) is 17.1 Å². The third-order valence-electron chi connectivity index (χ3n) is 4.44. The topological polar surface area (TPSA) is 54.6 Å². The molecule has 1 heterocycles. The van der Waals surface area contributed by atoms with Gasteiger partial charge in [-0.15, -0.1) is 12.6 Å². The molecule has 4 nitrogen and oxygen atoms in total. The summed E-state index contributed by atoms with van der Waals surface area (Å²) in [4.78, 5) is 4.68. The predicted molar refractivity (Wildman–Crippen MR) is 112 cm³/mol. The van der Waals surface area contributed by atoms with Gasteiger partial charge in [-0.05, 0) is 55.7 Å². The maximum Gasteiger partial charge on any atom is 0.167 e. The summed E-state index contributed by atoms with van der Waals surface area (Å²) in [7, 11) is 0. The summed E-state index contributed by atoms with van der Waals surface area (Å²) >= 11 is 10.8. The van der Waals surface area contributed by atoms with Gasteiger partial charge in [0.05, 0.1) is 25.0 Å². The fraction of sp³-hybridized carbons (Fsp3) is 0.333. The molecule has 1 aliphatic heterocycles. The standard InChI is InChI=1S/C21H21ClN2O2S/c1-3-25-18-11-14-9-10-24-20(17(14)12-19(18)26-4-2)21(27,13-23)15-5-7-16(22)8-6-15/h5-8,11-12,27H,3-4,9-10H2,1-2H3.